The van der Waals surface area contributed by atoms with Gasteiger partial charge in [0.2, 0.25) is 11.3 Å². The van der Waals surface area contributed by atoms with Gasteiger partial charge in [-0.15, -0.1) is 0 Å². The molecule has 7 nitrogen and oxygen atoms in total. The van der Waals surface area contributed by atoms with Crippen LogP contribution in [0.4, 0.5) is 0 Å². The Labute approximate surface area is 142 Å². The predicted molar refractivity (Wildman–Crippen MR) is 94.2 cm³/mol. The molecule has 0 unspecified atom stereocenters. The SMILES string of the molecule is NC1CCC(NC2=NCN(NC3CCC(N)CC3)C(Cl)=N2)CC1. The van der Waals surface area contributed by atoms with Gasteiger partial charge in [-0.1, -0.05) is 0 Å². The zero-order valence-electron chi connectivity index (χ0n) is 13.5. The summed E-state index contributed by atoms with van der Waals surface area (Å²) in [5.74, 6) is 0.638. The summed E-state index contributed by atoms with van der Waals surface area (Å²) < 4.78 is 0. The van der Waals surface area contributed by atoms with Crippen molar-refractivity contribution < 1.29 is 0 Å². The van der Waals surface area contributed by atoms with Crippen LogP contribution >= 0.6 is 11.6 Å². The van der Waals surface area contributed by atoms with Gasteiger partial charge in [0.1, 0.15) is 6.67 Å². The van der Waals surface area contributed by atoms with E-state index in [1.54, 1.807) is 0 Å². The number of aliphatic imine (C=N–C) groups is 2. The molecule has 23 heavy (non-hydrogen) atoms. The fraction of sp³-hybridized carbons (Fsp3) is 0.867. The molecule has 8 heteroatoms. The van der Waals surface area contributed by atoms with E-state index in [2.05, 4.69) is 20.7 Å². The zero-order valence-corrected chi connectivity index (χ0v) is 14.3. The average molecular weight is 342 g/mol. The molecule has 3 aliphatic rings. The van der Waals surface area contributed by atoms with E-state index in [1.807, 2.05) is 5.01 Å². The molecule has 0 aromatic rings. The van der Waals surface area contributed by atoms with Crippen molar-refractivity contribution in [3.63, 3.8) is 0 Å². The number of rotatable bonds is 3. The van der Waals surface area contributed by atoms with E-state index < -0.39 is 0 Å². The minimum Gasteiger partial charge on any atom is -0.352 e. The van der Waals surface area contributed by atoms with Gasteiger partial charge in [-0.05, 0) is 63.0 Å². The summed E-state index contributed by atoms with van der Waals surface area (Å²) in [4.78, 5) is 8.88. The molecular formula is C15H28ClN7. The summed E-state index contributed by atoms with van der Waals surface area (Å²) in [6.07, 6.45) is 8.49. The number of nitrogens with zero attached hydrogens (tertiary/aromatic N) is 3. The van der Waals surface area contributed by atoms with Crippen molar-refractivity contribution in [2.75, 3.05) is 6.67 Å². The van der Waals surface area contributed by atoms with Crippen molar-refractivity contribution in [2.24, 2.45) is 21.5 Å². The quantitative estimate of drug-likeness (QED) is 0.570. The lowest BCUT2D eigenvalue weighted by molar-refractivity contribution is 0.219. The largest absolute Gasteiger partial charge is 0.352 e. The normalized spacial score (nSPS) is 35.5. The third-order valence-corrected chi connectivity index (χ3v) is 5.29. The number of hydrogen-bond acceptors (Lipinski definition) is 7. The van der Waals surface area contributed by atoms with E-state index in [-0.39, 0.29) is 0 Å². The molecule has 6 N–H and O–H groups in total. The molecule has 0 atom stereocenters. The molecule has 0 aromatic heterocycles. The second-order valence-corrected chi connectivity index (χ2v) is 7.27. The Kier molecular flexibility index (Phi) is 5.74. The first-order chi connectivity index (χ1) is 11.1. The highest BCUT2D eigenvalue weighted by atomic mass is 35.5. The Morgan fingerprint density at radius 3 is 2.04 bits per heavy atom. The Balaban J connectivity index is 1.46. The van der Waals surface area contributed by atoms with Crippen molar-refractivity contribution >= 4 is 22.9 Å². The number of nitrogens with two attached hydrogens (primary N) is 2. The highest BCUT2D eigenvalue weighted by Gasteiger charge is 2.24. The average Bonchev–Trinajstić information content (AvgIpc) is 2.54. The van der Waals surface area contributed by atoms with Crippen molar-refractivity contribution in [3.05, 3.63) is 0 Å². The molecular weight excluding hydrogens is 314 g/mol. The molecule has 2 fully saturated rings. The first-order valence-electron chi connectivity index (χ1n) is 8.70. The molecule has 1 aliphatic heterocycles. The molecule has 0 aromatic carbocycles. The Bertz CT molecular complexity index is 451. The van der Waals surface area contributed by atoms with Crippen molar-refractivity contribution in [2.45, 2.75) is 75.5 Å². The molecule has 3 rings (SSSR count). The van der Waals surface area contributed by atoms with E-state index in [4.69, 9.17) is 23.1 Å². The monoisotopic (exact) mass is 341 g/mol. The highest BCUT2D eigenvalue weighted by molar-refractivity contribution is 6.65. The smallest absolute Gasteiger partial charge is 0.222 e. The van der Waals surface area contributed by atoms with Crippen LogP contribution < -0.4 is 22.2 Å². The third-order valence-electron chi connectivity index (χ3n) is 5.00. The molecule has 0 saturated heterocycles. The van der Waals surface area contributed by atoms with Crippen molar-refractivity contribution in [1.82, 2.24) is 15.8 Å². The van der Waals surface area contributed by atoms with E-state index in [0.717, 1.165) is 51.4 Å². The lowest BCUT2D eigenvalue weighted by Gasteiger charge is -2.34. The summed E-state index contributed by atoms with van der Waals surface area (Å²) >= 11 is 6.31. The Hall–Kier alpha value is -0.890. The summed E-state index contributed by atoms with van der Waals surface area (Å²) in [6.45, 7) is 0.486. The fourth-order valence-corrected chi connectivity index (χ4v) is 3.65. The number of hydrogen-bond donors (Lipinski definition) is 4. The van der Waals surface area contributed by atoms with Crippen molar-refractivity contribution in [1.29, 1.82) is 0 Å². The van der Waals surface area contributed by atoms with Crippen LogP contribution in [0.2, 0.25) is 0 Å². The van der Waals surface area contributed by atoms with E-state index in [1.165, 1.54) is 0 Å². The van der Waals surface area contributed by atoms with Crippen LogP contribution in [0.15, 0.2) is 9.98 Å². The number of hydrazine groups is 1. The van der Waals surface area contributed by atoms with Gasteiger partial charge in [-0.3, -0.25) is 5.01 Å². The second kappa shape index (κ2) is 7.79. The third kappa shape index (κ3) is 4.79. The van der Waals surface area contributed by atoms with Crippen LogP contribution in [0, 0.1) is 0 Å². The molecule has 0 spiro atoms. The summed E-state index contributed by atoms with van der Waals surface area (Å²) in [5, 5.41) is 5.66. The molecule has 1 heterocycles. The summed E-state index contributed by atoms with van der Waals surface area (Å²) in [6, 6.07) is 1.50. The van der Waals surface area contributed by atoms with Crippen LogP contribution in [0.1, 0.15) is 51.4 Å². The maximum Gasteiger partial charge on any atom is 0.222 e. The second-order valence-electron chi connectivity index (χ2n) is 6.93. The van der Waals surface area contributed by atoms with E-state index >= 15 is 0 Å². The van der Waals surface area contributed by atoms with Gasteiger partial charge in [-0.25, -0.2) is 10.4 Å². The molecule has 2 aliphatic carbocycles. The predicted octanol–water partition coefficient (Wildman–Crippen LogP) is 0.844. The highest BCUT2D eigenvalue weighted by Crippen LogP contribution is 2.19. The number of nitrogens with one attached hydrogen (secondary N) is 2. The number of halogens is 1. The van der Waals surface area contributed by atoms with Crippen molar-refractivity contribution in [3.8, 4) is 0 Å². The Morgan fingerprint density at radius 1 is 0.913 bits per heavy atom. The molecule has 2 saturated carbocycles. The van der Waals surface area contributed by atoms with Gasteiger partial charge < -0.3 is 16.8 Å². The topological polar surface area (TPSA) is 104 Å². The minimum absolute atomic E-state index is 0.343. The number of amidine groups is 1. The van der Waals surface area contributed by atoms with Gasteiger partial charge in [0, 0.05) is 24.2 Å². The zero-order chi connectivity index (χ0) is 16.2. The maximum absolute atomic E-state index is 6.31. The molecule has 0 radical (unpaired) electrons. The summed E-state index contributed by atoms with van der Waals surface area (Å²) in [5.41, 5.74) is 15.3. The van der Waals surface area contributed by atoms with Crippen LogP contribution in [-0.4, -0.2) is 47.1 Å². The van der Waals surface area contributed by atoms with Crippen LogP contribution in [0.25, 0.3) is 0 Å². The fourth-order valence-electron chi connectivity index (χ4n) is 3.47. The lowest BCUT2D eigenvalue weighted by atomic mass is 9.92. The first-order valence-corrected chi connectivity index (χ1v) is 9.08. The number of guanidine groups is 1. The van der Waals surface area contributed by atoms with Gasteiger partial charge >= 0.3 is 0 Å². The maximum atomic E-state index is 6.31. The lowest BCUT2D eigenvalue weighted by Crippen LogP contribution is -2.51. The summed E-state index contributed by atoms with van der Waals surface area (Å²) in [7, 11) is 0. The van der Waals surface area contributed by atoms with Crippen LogP contribution in [0.5, 0.6) is 0 Å². The van der Waals surface area contributed by atoms with Gasteiger partial charge in [0.25, 0.3) is 0 Å². The van der Waals surface area contributed by atoms with E-state index in [9.17, 15) is 0 Å². The first kappa shape index (κ1) is 17.0. The standard InChI is InChI=1S/C15H28ClN7/c16-14-21-15(20-12-5-1-10(17)2-6-12)19-9-23(14)22-13-7-3-11(18)4-8-13/h10-13,22H,1-9,17-18H2,(H,19,20). The van der Waals surface area contributed by atoms with Crippen LogP contribution in [-0.2, 0) is 0 Å². The van der Waals surface area contributed by atoms with Gasteiger partial charge in [0.05, 0.1) is 0 Å². The Morgan fingerprint density at radius 2 is 1.48 bits per heavy atom. The van der Waals surface area contributed by atoms with Gasteiger partial charge in [0.15, 0.2) is 0 Å². The van der Waals surface area contributed by atoms with E-state index in [0.29, 0.717) is 42.1 Å². The van der Waals surface area contributed by atoms with Gasteiger partial charge in [-0.2, -0.15) is 4.99 Å². The van der Waals surface area contributed by atoms with Crippen LogP contribution in [0.3, 0.4) is 0 Å². The molecule has 0 amide bonds. The molecule has 0 bridgehead atoms. The minimum atomic E-state index is 0.343. The molecule has 130 valence electrons.